The molecule has 1 aliphatic carbocycles. The number of hydrogen-bond acceptors (Lipinski definition) is 12. The fraction of sp³-hybridized carbons (Fsp3) is 0.350. The summed E-state index contributed by atoms with van der Waals surface area (Å²) in [7, 11) is 0. The maximum absolute atomic E-state index is 12.6. The van der Waals surface area contributed by atoms with Gasteiger partial charge in [0.05, 0.1) is 6.33 Å². The number of fused-ring (bicyclic) bond motifs is 2. The quantitative estimate of drug-likeness (QED) is 0.190. The second-order valence-electron chi connectivity index (χ2n) is 8.55. The molecule has 6 atom stereocenters. The van der Waals surface area contributed by atoms with E-state index < -0.39 is 41.7 Å². The van der Waals surface area contributed by atoms with Crippen LogP contribution in [0.2, 0.25) is 5.28 Å². The number of nitrogen functional groups attached to an aromatic ring is 1. The van der Waals surface area contributed by atoms with Gasteiger partial charge in [-0.25, -0.2) is 9.78 Å². The summed E-state index contributed by atoms with van der Waals surface area (Å²) in [5.74, 6) is -1.62. The lowest BCUT2D eigenvalue weighted by molar-refractivity contribution is -0.187. The Morgan fingerprint density at radius 3 is 2.75 bits per heavy atom. The minimum absolute atomic E-state index is 0.0357. The number of tetrazole rings is 1. The summed E-state index contributed by atoms with van der Waals surface area (Å²) in [4.78, 5) is 24.6. The number of carboxylic acid groups (broad SMARTS) is 1. The van der Waals surface area contributed by atoms with Crippen molar-refractivity contribution in [2.75, 3.05) is 5.73 Å². The minimum atomic E-state index is -2.13. The van der Waals surface area contributed by atoms with E-state index >= 15 is 0 Å². The Morgan fingerprint density at radius 1 is 1.33 bits per heavy atom. The van der Waals surface area contributed by atoms with Crippen LogP contribution in [0.15, 0.2) is 36.7 Å². The zero-order valence-electron chi connectivity index (χ0n) is 18.1. The first-order chi connectivity index (χ1) is 17.3. The van der Waals surface area contributed by atoms with Crippen molar-refractivity contribution >= 4 is 34.6 Å². The van der Waals surface area contributed by atoms with Gasteiger partial charge in [0.15, 0.2) is 23.3 Å². The molecule has 2 fully saturated rings. The van der Waals surface area contributed by atoms with Crippen LogP contribution < -0.4 is 5.73 Å². The first-order valence-corrected chi connectivity index (χ1v) is 11.0. The maximum Gasteiger partial charge on any atom is 0.344 e. The van der Waals surface area contributed by atoms with Crippen LogP contribution in [0.4, 0.5) is 5.82 Å². The lowest BCUT2D eigenvalue weighted by Gasteiger charge is -2.30. The van der Waals surface area contributed by atoms with E-state index in [2.05, 4.69) is 35.6 Å². The van der Waals surface area contributed by atoms with Crippen molar-refractivity contribution in [2.24, 2.45) is 0 Å². The number of rotatable bonds is 7. The molecule has 4 aromatic rings. The molecule has 2 unspecified atom stereocenters. The lowest BCUT2D eigenvalue weighted by atomic mass is 9.93. The van der Waals surface area contributed by atoms with Gasteiger partial charge in [-0.05, 0) is 17.2 Å². The number of anilines is 1. The molecule has 1 saturated carbocycles. The summed E-state index contributed by atoms with van der Waals surface area (Å²) in [6.45, 7) is 0. The predicted molar refractivity (Wildman–Crippen MR) is 118 cm³/mol. The number of ether oxygens (including phenoxy) is 2. The third kappa shape index (κ3) is 3.17. The summed E-state index contributed by atoms with van der Waals surface area (Å²) in [5.41, 5.74) is 2.80. The van der Waals surface area contributed by atoms with Crippen LogP contribution in [0.3, 0.4) is 0 Å². The number of hydrogen-bond donors (Lipinski definition) is 5. The van der Waals surface area contributed by atoms with Crippen molar-refractivity contribution < 1.29 is 29.6 Å². The zero-order chi connectivity index (χ0) is 25.2. The fourth-order valence-corrected chi connectivity index (χ4v) is 4.77. The van der Waals surface area contributed by atoms with Gasteiger partial charge in [0.1, 0.15) is 23.8 Å². The van der Waals surface area contributed by atoms with Crippen molar-refractivity contribution in [3.05, 3.63) is 53.3 Å². The topological polar surface area (TPSA) is 220 Å². The second-order valence-corrected chi connectivity index (χ2v) is 8.89. The Kier molecular flexibility index (Phi) is 4.96. The molecule has 0 spiro atoms. The van der Waals surface area contributed by atoms with Gasteiger partial charge in [0, 0.05) is 6.42 Å². The summed E-state index contributed by atoms with van der Waals surface area (Å²) < 4.78 is 13.2. The molecule has 0 radical (unpaired) electrons. The van der Waals surface area contributed by atoms with Crippen LogP contribution in [0, 0.1) is 0 Å². The van der Waals surface area contributed by atoms with Gasteiger partial charge < -0.3 is 30.5 Å². The number of benzene rings is 1. The van der Waals surface area contributed by atoms with Crippen LogP contribution >= 0.6 is 11.6 Å². The Morgan fingerprint density at radius 2 is 2.11 bits per heavy atom. The normalized spacial score (nSPS) is 28.6. The van der Waals surface area contributed by atoms with E-state index in [0.29, 0.717) is 5.56 Å². The smallest absolute Gasteiger partial charge is 0.344 e. The highest BCUT2D eigenvalue weighted by Gasteiger charge is 2.79. The standard InChI is InChI=1S/C20H18ClN9O6/c21-18-24-13(22)9-14(25-18)30(7-23-9)15-10(31)20(34)11(35-15)12(20)36-19(17(32)33,16-26-28-29-27-16)6-8-4-2-1-3-5-8/h1-5,7,10-12,15,31,34H,6H2,(H,32,33)(H2,22,24,25)(H,26,27,28,29)/t10-,11+,12?,15+,19?,20+/m0/s1. The largest absolute Gasteiger partial charge is 0.479 e. The fourth-order valence-electron chi connectivity index (χ4n) is 4.60. The number of carbonyl (C=O) groups is 1. The SMILES string of the molecule is Nc1nc(Cl)nc2c1ncn2[C@@H]1O[C@@H]2C(OC(Cc3ccccc3)(C(=O)O)c3nn[nH]n3)[C@@]2(O)[C@H]1O. The van der Waals surface area contributed by atoms with E-state index in [4.69, 9.17) is 26.8 Å². The van der Waals surface area contributed by atoms with Gasteiger partial charge in [-0.2, -0.15) is 15.2 Å². The monoisotopic (exact) mass is 515 g/mol. The number of imidazole rings is 1. The van der Waals surface area contributed by atoms with Crippen LogP contribution in [0.25, 0.3) is 11.2 Å². The lowest BCUT2D eigenvalue weighted by Crippen LogP contribution is -2.46. The van der Waals surface area contributed by atoms with Gasteiger partial charge in [0.2, 0.25) is 16.7 Å². The molecular weight excluding hydrogens is 498 g/mol. The molecule has 0 amide bonds. The number of aliphatic hydroxyl groups excluding tert-OH is 1. The molecule has 1 aromatic carbocycles. The highest BCUT2D eigenvalue weighted by Crippen LogP contribution is 2.57. The average Bonchev–Trinajstić information content (AvgIpc) is 3.35. The van der Waals surface area contributed by atoms with Crippen LogP contribution in [0.5, 0.6) is 0 Å². The molecule has 6 N–H and O–H groups in total. The maximum atomic E-state index is 12.6. The highest BCUT2D eigenvalue weighted by molar-refractivity contribution is 6.28. The minimum Gasteiger partial charge on any atom is -0.479 e. The van der Waals surface area contributed by atoms with Gasteiger partial charge >= 0.3 is 5.97 Å². The number of aromatic nitrogens is 8. The Hall–Kier alpha value is -3.76. The number of halogens is 1. The Bertz CT molecular complexity index is 1450. The molecule has 0 bridgehead atoms. The first kappa shape index (κ1) is 22.7. The van der Waals surface area contributed by atoms with Crippen molar-refractivity contribution in [3.63, 3.8) is 0 Å². The van der Waals surface area contributed by atoms with Crippen molar-refractivity contribution in [2.45, 2.75) is 42.2 Å². The number of nitrogens with two attached hydrogens (primary N) is 1. The molecule has 16 heteroatoms. The van der Waals surface area contributed by atoms with E-state index in [1.54, 1.807) is 30.3 Å². The molecule has 1 aliphatic heterocycles. The number of nitrogens with one attached hydrogen (secondary N) is 1. The zero-order valence-corrected chi connectivity index (χ0v) is 18.9. The van der Waals surface area contributed by atoms with E-state index in [1.807, 2.05) is 0 Å². The van der Waals surface area contributed by atoms with E-state index in [0.717, 1.165) is 0 Å². The van der Waals surface area contributed by atoms with E-state index in [1.165, 1.54) is 10.9 Å². The molecule has 15 nitrogen and oxygen atoms in total. The number of aliphatic hydroxyl groups is 2. The van der Waals surface area contributed by atoms with Gasteiger partial charge in [0.25, 0.3) is 0 Å². The Labute approximate surface area is 205 Å². The van der Waals surface area contributed by atoms with Gasteiger partial charge in [-0.1, -0.05) is 35.5 Å². The first-order valence-electron chi connectivity index (χ1n) is 10.7. The van der Waals surface area contributed by atoms with Gasteiger partial charge in [-0.15, -0.1) is 10.2 Å². The molecule has 3 aromatic heterocycles. The van der Waals surface area contributed by atoms with Crippen LogP contribution in [-0.2, 0) is 26.3 Å². The average molecular weight is 516 g/mol. The van der Waals surface area contributed by atoms with Crippen LogP contribution in [0.1, 0.15) is 17.6 Å². The predicted octanol–water partition coefficient (Wildman–Crippen LogP) is -0.814. The molecule has 2 aliphatic rings. The summed E-state index contributed by atoms with van der Waals surface area (Å²) in [6.07, 6.45) is -3.84. The third-order valence-corrected chi connectivity index (χ3v) is 6.65. The highest BCUT2D eigenvalue weighted by atomic mass is 35.5. The van der Waals surface area contributed by atoms with Crippen molar-refractivity contribution in [1.82, 2.24) is 40.1 Å². The number of aliphatic carboxylic acids is 1. The van der Waals surface area contributed by atoms with Gasteiger partial charge in [-0.3, -0.25) is 4.57 Å². The molecular formula is C20H18ClN9O6. The number of aromatic amines is 1. The molecule has 1 saturated heterocycles. The van der Waals surface area contributed by atoms with Crippen LogP contribution in [-0.4, -0.2) is 85.3 Å². The molecule has 186 valence electrons. The van der Waals surface area contributed by atoms with E-state index in [-0.39, 0.29) is 34.5 Å². The summed E-state index contributed by atoms with van der Waals surface area (Å²) in [5, 5.41) is 45.8. The number of carboxylic acids is 1. The summed E-state index contributed by atoms with van der Waals surface area (Å²) >= 11 is 5.91. The molecule has 6 rings (SSSR count). The Balaban J connectivity index is 1.31. The summed E-state index contributed by atoms with van der Waals surface area (Å²) in [6, 6.07) is 8.70. The number of H-pyrrole nitrogens is 1. The van der Waals surface area contributed by atoms with E-state index in [9.17, 15) is 20.1 Å². The van der Waals surface area contributed by atoms with Crippen molar-refractivity contribution in [3.8, 4) is 0 Å². The van der Waals surface area contributed by atoms with Crippen molar-refractivity contribution in [1.29, 1.82) is 0 Å². The second kappa shape index (κ2) is 7.87. The number of nitrogens with zero attached hydrogens (tertiary/aromatic N) is 7. The third-order valence-electron chi connectivity index (χ3n) is 6.48. The molecule has 36 heavy (non-hydrogen) atoms. The molecule has 4 heterocycles.